The van der Waals surface area contributed by atoms with Gasteiger partial charge < -0.3 is 0 Å². The molecule has 2 heteroatoms. The summed E-state index contributed by atoms with van der Waals surface area (Å²) in [5, 5.41) is 0. The van der Waals surface area contributed by atoms with Crippen LogP contribution in [-0.2, 0) is 0 Å². The van der Waals surface area contributed by atoms with E-state index in [9.17, 15) is 0 Å². The van der Waals surface area contributed by atoms with Crippen molar-refractivity contribution < 1.29 is 0 Å². The van der Waals surface area contributed by atoms with Gasteiger partial charge >= 0.3 is 126 Å². The molecular formula is C16H34ClGa. The Hall–Kier alpha value is 0.926. The Bertz CT molecular complexity index is 154. The van der Waals surface area contributed by atoms with E-state index in [1.807, 2.05) is 0 Å². The third-order valence-corrected chi connectivity index (χ3v) is 11.1. The fourth-order valence-corrected chi connectivity index (χ4v) is 11.2. The van der Waals surface area contributed by atoms with Crippen LogP contribution in [0.1, 0.15) is 79.1 Å². The molecule has 18 heavy (non-hydrogen) atoms. The van der Waals surface area contributed by atoms with Gasteiger partial charge in [-0.25, -0.2) is 0 Å². The maximum atomic E-state index is 6.77. The standard InChI is InChI=1S/2C8H17.ClH.Ga/c2*1-4-6-7-8(3)5-2;;/h2*8H,3-7H2,1-2H3;1H;/q;;;+1/p-1. The van der Waals surface area contributed by atoms with Crippen LogP contribution in [-0.4, -0.2) is 15.2 Å². The molecule has 0 saturated carbocycles. The zero-order valence-electron chi connectivity index (χ0n) is 13.2. The summed E-state index contributed by atoms with van der Waals surface area (Å²) in [5.74, 6) is 1.88. The van der Waals surface area contributed by atoms with Gasteiger partial charge in [0.2, 0.25) is 0 Å². The quantitative estimate of drug-likeness (QED) is 0.351. The van der Waals surface area contributed by atoms with Gasteiger partial charge in [0.25, 0.3) is 0 Å². The van der Waals surface area contributed by atoms with E-state index in [1.165, 1.54) is 61.3 Å². The summed E-state index contributed by atoms with van der Waals surface area (Å²) in [7, 11) is 6.77. The Morgan fingerprint density at radius 3 is 1.44 bits per heavy atom. The predicted octanol–water partition coefficient (Wildman–Crippen LogP) is 6.65. The summed E-state index contributed by atoms with van der Waals surface area (Å²) in [5.41, 5.74) is 0. The minimum atomic E-state index is -1.45. The zero-order chi connectivity index (χ0) is 13.8. The number of unbranched alkanes of at least 4 members (excludes halogenated alkanes) is 2. The molecule has 0 rings (SSSR count). The van der Waals surface area contributed by atoms with Crippen LogP contribution in [0.25, 0.3) is 0 Å². The van der Waals surface area contributed by atoms with Crippen molar-refractivity contribution in [2.45, 2.75) is 89.0 Å². The molecule has 0 aliphatic carbocycles. The average molecular weight is 332 g/mol. The van der Waals surface area contributed by atoms with Crippen LogP contribution in [0.15, 0.2) is 0 Å². The Balaban J connectivity index is 3.92. The minimum absolute atomic E-state index is 0.941. The van der Waals surface area contributed by atoms with E-state index in [-0.39, 0.29) is 0 Å². The molecule has 0 aromatic heterocycles. The molecule has 0 fully saturated rings. The molecule has 108 valence electrons. The monoisotopic (exact) mass is 330 g/mol. The predicted molar refractivity (Wildman–Crippen MR) is 87.8 cm³/mol. The van der Waals surface area contributed by atoms with Crippen LogP contribution in [0.5, 0.6) is 0 Å². The SMILES string of the molecule is CCCCC(CC)[CH2][Ga]([Cl])[CH2]C(CC)CCCC. The van der Waals surface area contributed by atoms with Gasteiger partial charge in [0.1, 0.15) is 0 Å². The van der Waals surface area contributed by atoms with E-state index in [4.69, 9.17) is 9.64 Å². The third-order valence-electron chi connectivity index (χ3n) is 4.26. The van der Waals surface area contributed by atoms with E-state index in [2.05, 4.69) is 27.7 Å². The second-order valence-corrected chi connectivity index (χ2v) is 13.6. The van der Waals surface area contributed by atoms with Gasteiger partial charge in [-0.1, -0.05) is 0 Å². The van der Waals surface area contributed by atoms with Crippen molar-refractivity contribution in [3.05, 3.63) is 0 Å². The fourth-order valence-electron chi connectivity index (χ4n) is 2.78. The summed E-state index contributed by atoms with van der Waals surface area (Å²) in [4.78, 5) is 2.85. The summed E-state index contributed by atoms with van der Waals surface area (Å²) in [6, 6.07) is 0. The molecule has 0 aromatic carbocycles. The van der Waals surface area contributed by atoms with Crippen molar-refractivity contribution in [2.24, 2.45) is 11.8 Å². The summed E-state index contributed by atoms with van der Waals surface area (Å²) in [6.07, 6.45) is 11.0. The summed E-state index contributed by atoms with van der Waals surface area (Å²) in [6.45, 7) is 9.29. The van der Waals surface area contributed by atoms with Gasteiger partial charge in [0.05, 0.1) is 0 Å². The first kappa shape index (κ1) is 18.9. The normalized spacial score (nSPS) is 14.5. The molecule has 0 bridgehead atoms. The van der Waals surface area contributed by atoms with E-state index in [0.29, 0.717) is 0 Å². The zero-order valence-corrected chi connectivity index (χ0v) is 16.4. The van der Waals surface area contributed by atoms with Gasteiger partial charge in [-0.05, 0) is 0 Å². The van der Waals surface area contributed by atoms with Crippen LogP contribution in [0.4, 0.5) is 0 Å². The fraction of sp³-hybridized carbons (Fsp3) is 1.00. The molecular weight excluding hydrogens is 297 g/mol. The van der Waals surface area contributed by atoms with Crippen molar-refractivity contribution in [1.29, 1.82) is 0 Å². The number of hydrogen-bond donors (Lipinski definition) is 0. The molecule has 2 unspecified atom stereocenters. The Labute approximate surface area is 125 Å². The molecule has 0 saturated heterocycles. The molecule has 0 aliphatic rings. The molecule has 0 amide bonds. The van der Waals surface area contributed by atoms with Crippen LogP contribution < -0.4 is 0 Å². The summed E-state index contributed by atoms with van der Waals surface area (Å²) >= 11 is -1.45. The third kappa shape index (κ3) is 9.80. The van der Waals surface area contributed by atoms with Crippen molar-refractivity contribution in [1.82, 2.24) is 0 Å². The maximum absolute atomic E-state index is 6.77. The molecule has 0 heterocycles. The van der Waals surface area contributed by atoms with E-state index >= 15 is 0 Å². The van der Waals surface area contributed by atoms with Crippen molar-refractivity contribution in [3.63, 3.8) is 0 Å². The Morgan fingerprint density at radius 1 is 0.778 bits per heavy atom. The van der Waals surface area contributed by atoms with E-state index in [1.54, 1.807) is 0 Å². The van der Waals surface area contributed by atoms with Gasteiger partial charge in [-0.15, -0.1) is 0 Å². The number of halogens is 1. The molecule has 0 aromatic rings. The topological polar surface area (TPSA) is 0 Å². The molecule has 0 N–H and O–H groups in total. The molecule has 0 nitrogen and oxygen atoms in total. The number of hydrogen-bond acceptors (Lipinski definition) is 0. The first-order valence-electron chi connectivity index (χ1n) is 8.31. The van der Waals surface area contributed by atoms with Gasteiger partial charge in [0.15, 0.2) is 0 Å². The molecule has 0 aliphatic heterocycles. The summed E-state index contributed by atoms with van der Waals surface area (Å²) < 4.78 is 0. The second-order valence-electron chi connectivity index (χ2n) is 5.90. The molecule has 2 atom stereocenters. The van der Waals surface area contributed by atoms with Crippen LogP contribution in [0.2, 0.25) is 9.95 Å². The van der Waals surface area contributed by atoms with Gasteiger partial charge in [-0.2, -0.15) is 0 Å². The second kappa shape index (κ2) is 12.9. The van der Waals surface area contributed by atoms with Crippen LogP contribution in [0.3, 0.4) is 0 Å². The van der Waals surface area contributed by atoms with Crippen molar-refractivity contribution >= 4 is 24.9 Å². The van der Waals surface area contributed by atoms with Crippen LogP contribution >= 0.6 is 9.64 Å². The van der Waals surface area contributed by atoms with Gasteiger partial charge in [0, 0.05) is 0 Å². The number of rotatable bonds is 12. The molecule has 0 spiro atoms. The molecule has 0 radical (unpaired) electrons. The van der Waals surface area contributed by atoms with E-state index in [0.717, 1.165) is 11.8 Å². The van der Waals surface area contributed by atoms with Crippen LogP contribution in [0, 0.1) is 11.8 Å². The first-order chi connectivity index (χ1) is 8.67. The first-order valence-corrected chi connectivity index (χ1v) is 14.9. The van der Waals surface area contributed by atoms with E-state index < -0.39 is 15.2 Å². The average Bonchev–Trinajstić information content (AvgIpc) is 2.39. The Morgan fingerprint density at radius 2 is 1.17 bits per heavy atom. The van der Waals surface area contributed by atoms with Crippen molar-refractivity contribution in [2.75, 3.05) is 0 Å². The Kier molecular flexibility index (Phi) is 13.6. The van der Waals surface area contributed by atoms with Crippen molar-refractivity contribution in [3.8, 4) is 0 Å². The van der Waals surface area contributed by atoms with Gasteiger partial charge in [-0.3, -0.25) is 0 Å².